The smallest absolute Gasteiger partial charge is 0.251 e. The normalized spacial score (nSPS) is 26.1. The highest BCUT2D eigenvalue weighted by Gasteiger charge is 2.41. The second kappa shape index (κ2) is 9.55. The Morgan fingerprint density at radius 2 is 1.88 bits per heavy atom. The van der Waals surface area contributed by atoms with Crippen molar-refractivity contribution >= 4 is 11.7 Å². The van der Waals surface area contributed by atoms with Gasteiger partial charge in [-0.2, -0.15) is 0 Å². The van der Waals surface area contributed by atoms with Crippen molar-refractivity contribution in [2.75, 3.05) is 45.2 Å². The molecule has 1 unspecified atom stereocenters. The van der Waals surface area contributed by atoms with E-state index in [-0.39, 0.29) is 5.91 Å². The van der Waals surface area contributed by atoms with Gasteiger partial charge in [0.25, 0.3) is 5.91 Å². The number of nitrogens with zero attached hydrogens (tertiary/aromatic N) is 3. The lowest BCUT2D eigenvalue weighted by Gasteiger charge is -2.27. The van der Waals surface area contributed by atoms with E-state index in [1.165, 1.54) is 45.3 Å². The van der Waals surface area contributed by atoms with Gasteiger partial charge in [0, 0.05) is 57.1 Å². The second-order valence-electron chi connectivity index (χ2n) is 9.57. The van der Waals surface area contributed by atoms with E-state index in [9.17, 15) is 4.79 Å². The topological polar surface area (TPSA) is 79.4 Å². The summed E-state index contributed by atoms with van der Waals surface area (Å²) >= 11 is 0. The maximum Gasteiger partial charge on any atom is 0.251 e. The van der Waals surface area contributed by atoms with Crippen LogP contribution in [0.3, 0.4) is 0 Å². The lowest BCUT2D eigenvalue weighted by Crippen LogP contribution is -2.32. The summed E-state index contributed by atoms with van der Waals surface area (Å²) in [5.74, 6) is 3.15. The molecule has 0 spiro atoms. The zero-order valence-electron chi connectivity index (χ0n) is 18.8. The van der Waals surface area contributed by atoms with Gasteiger partial charge < -0.3 is 20.3 Å². The van der Waals surface area contributed by atoms with Gasteiger partial charge in [0.05, 0.1) is 5.69 Å². The van der Waals surface area contributed by atoms with E-state index in [0.717, 1.165) is 48.0 Å². The van der Waals surface area contributed by atoms with Crippen molar-refractivity contribution in [3.05, 3.63) is 42.0 Å². The number of rotatable bonds is 6. The third-order valence-corrected chi connectivity index (χ3v) is 7.35. The Balaban J connectivity index is 1.14. The zero-order chi connectivity index (χ0) is 21.9. The number of hydrogen-bond donors (Lipinski definition) is 2. The molecule has 32 heavy (non-hydrogen) atoms. The van der Waals surface area contributed by atoms with Gasteiger partial charge in [-0.05, 0) is 67.7 Å². The van der Waals surface area contributed by atoms with E-state index < -0.39 is 0 Å². The van der Waals surface area contributed by atoms with Crippen molar-refractivity contribution < 1.29 is 9.53 Å². The zero-order valence-corrected chi connectivity index (χ0v) is 18.8. The second-order valence-corrected chi connectivity index (χ2v) is 9.57. The molecule has 1 amide bonds. The molecule has 2 aliphatic heterocycles. The number of anilines is 1. The van der Waals surface area contributed by atoms with Gasteiger partial charge in [0.15, 0.2) is 0 Å². The number of carbonyl (C=O) groups excluding carboxylic acids is 1. The van der Waals surface area contributed by atoms with Gasteiger partial charge in [0.2, 0.25) is 0 Å². The third kappa shape index (κ3) is 4.79. The highest BCUT2D eigenvalue weighted by molar-refractivity contribution is 5.95. The predicted molar refractivity (Wildman–Crippen MR) is 124 cm³/mol. The van der Waals surface area contributed by atoms with Crippen LogP contribution in [-0.4, -0.2) is 66.9 Å². The van der Waals surface area contributed by atoms with E-state index in [1.807, 2.05) is 30.3 Å². The van der Waals surface area contributed by atoms with Crippen molar-refractivity contribution in [1.29, 1.82) is 0 Å². The predicted octanol–water partition coefficient (Wildman–Crippen LogP) is 3.05. The molecule has 2 N–H and O–H groups in total. The first-order chi connectivity index (χ1) is 15.7. The Kier molecular flexibility index (Phi) is 6.37. The molecule has 5 rings (SSSR count). The quantitative estimate of drug-likeness (QED) is 0.726. The summed E-state index contributed by atoms with van der Waals surface area (Å²) in [4.78, 5) is 14.6. The van der Waals surface area contributed by atoms with Crippen LogP contribution in [0.25, 0.3) is 11.3 Å². The first kappa shape index (κ1) is 21.3. The number of fused-ring (bicyclic) bond motifs is 1. The summed E-state index contributed by atoms with van der Waals surface area (Å²) in [5.41, 5.74) is 2.29. The van der Waals surface area contributed by atoms with Crippen LogP contribution in [0, 0.1) is 17.8 Å². The molecule has 3 aliphatic rings. The van der Waals surface area contributed by atoms with Crippen LogP contribution >= 0.6 is 0 Å². The summed E-state index contributed by atoms with van der Waals surface area (Å²) in [7, 11) is 1.64. The van der Waals surface area contributed by atoms with Crippen molar-refractivity contribution in [1.82, 2.24) is 20.4 Å². The third-order valence-electron chi connectivity index (χ3n) is 7.35. The Bertz CT molecular complexity index is 914. The molecule has 0 radical (unpaired) electrons. The summed E-state index contributed by atoms with van der Waals surface area (Å²) in [6.45, 7) is 5.62. The number of amides is 1. The molecule has 2 aromatic rings. The number of likely N-dealkylation sites (tertiary alicyclic amines) is 1. The fourth-order valence-electron chi connectivity index (χ4n) is 5.69. The number of aromatic nitrogens is 2. The molecule has 7 heteroatoms. The molecular weight excluding hydrogens is 402 g/mol. The van der Waals surface area contributed by atoms with Crippen LogP contribution in [0.5, 0.6) is 0 Å². The first-order valence-electron chi connectivity index (χ1n) is 11.9. The minimum Gasteiger partial charge on any atom is -0.381 e. The van der Waals surface area contributed by atoms with Crippen LogP contribution in [0.1, 0.15) is 36.0 Å². The summed E-state index contributed by atoms with van der Waals surface area (Å²) in [6, 6.07) is 11.9. The van der Waals surface area contributed by atoms with E-state index in [4.69, 9.17) is 4.74 Å². The molecule has 1 aliphatic carbocycles. The lowest BCUT2D eigenvalue weighted by atomic mass is 10.00. The van der Waals surface area contributed by atoms with E-state index in [2.05, 4.69) is 25.7 Å². The molecular formula is C25H33N5O2. The number of benzene rings is 1. The molecule has 3 heterocycles. The molecule has 1 aromatic carbocycles. The molecule has 2 saturated heterocycles. The van der Waals surface area contributed by atoms with E-state index >= 15 is 0 Å². The monoisotopic (exact) mass is 435 g/mol. The van der Waals surface area contributed by atoms with Crippen molar-refractivity contribution in [3.8, 4) is 11.3 Å². The lowest BCUT2D eigenvalue weighted by molar-refractivity contribution is 0.0545. The standard InChI is InChI=1S/C25H33N5O2/c1-26-25(31)19-4-2-3-18(11-19)23-5-6-24(29-28-23)27-22-12-20-15-30(16-21(20)13-22)14-17-7-9-32-10-8-17/h2-6,11,17,20-22H,7-10,12-16H2,1H3,(H,26,31)(H,27,29)/t20-,21+,22?. The molecule has 7 nitrogen and oxygen atoms in total. The van der Waals surface area contributed by atoms with E-state index in [0.29, 0.717) is 11.6 Å². The Hall–Kier alpha value is -2.51. The number of ether oxygens (including phenoxy) is 1. The Morgan fingerprint density at radius 1 is 1.09 bits per heavy atom. The van der Waals surface area contributed by atoms with Gasteiger partial charge in [-0.3, -0.25) is 4.79 Å². The Morgan fingerprint density at radius 3 is 2.56 bits per heavy atom. The van der Waals surface area contributed by atoms with Crippen LogP contribution in [0.15, 0.2) is 36.4 Å². The van der Waals surface area contributed by atoms with Gasteiger partial charge in [-0.1, -0.05) is 12.1 Å². The number of hydrogen-bond acceptors (Lipinski definition) is 6. The number of carbonyl (C=O) groups is 1. The average Bonchev–Trinajstić information content (AvgIpc) is 3.37. The van der Waals surface area contributed by atoms with Crippen LogP contribution in [0.4, 0.5) is 5.82 Å². The Labute approximate surface area is 189 Å². The van der Waals surface area contributed by atoms with Crippen LogP contribution < -0.4 is 10.6 Å². The van der Waals surface area contributed by atoms with Gasteiger partial charge in [-0.15, -0.1) is 10.2 Å². The largest absolute Gasteiger partial charge is 0.381 e. The fraction of sp³-hybridized carbons (Fsp3) is 0.560. The molecule has 1 saturated carbocycles. The minimum atomic E-state index is -0.101. The fourth-order valence-corrected chi connectivity index (χ4v) is 5.69. The van der Waals surface area contributed by atoms with Gasteiger partial charge in [-0.25, -0.2) is 0 Å². The van der Waals surface area contributed by atoms with Crippen LogP contribution in [-0.2, 0) is 4.74 Å². The highest BCUT2D eigenvalue weighted by Crippen LogP contribution is 2.39. The SMILES string of the molecule is CNC(=O)c1cccc(-c2ccc(NC3C[C@@H]4CN(CC5CCOCC5)C[C@@H]4C3)nn2)c1. The maximum atomic E-state index is 11.9. The molecule has 0 bridgehead atoms. The first-order valence-corrected chi connectivity index (χ1v) is 11.9. The van der Waals surface area contributed by atoms with Gasteiger partial charge >= 0.3 is 0 Å². The minimum absolute atomic E-state index is 0.101. The van der Waals surface area contributed by atoms with Crippen molar-refractivity contribution in [2.45, 2.75) is 31.7 Å². The average molecular weight is 436 g/mol. The van der Waals surface area contributed by atoms with Crippen molar-refractivity contribution in [2.24, 2.45) is 17.8 Å². The summed E-state index contributed by atoms with van der Waals surface area (Å²) in [5, 5.41) is 15.1. The molecule has 170 valence electrons. The maximum absolute atomic E-state index is 11.9. The number of nitrogens with one attached hydrogen (secondary N) is 2. The van der Waals surface area contributed by atoms with E-state index in [1.54, 1.807) is 13.1 Å². The molecule has 3 atom stereocenters. The van der Waals surface area contributed by atoms with Crippen molar-refractivity contribution in [3.63, 3.8) is 0 Å². The molecule has 3 fully saturated rings. The van der Waals surface area contributed by atoms with Gasteiger partial charge in [0.1, 0.15) is 5.82 Å². The highest BCUT2D eigenvalue weighted by atomic mass is 16.5. The van der Waals surface area contributed by atoms with Crippen LogP contribution in [0.2, 0.25) is 0 Å². The summed E-state index contributed by atoms with van der Waals surface area (Å²) in [6.07, 6.45) is 4.88. The summed E-state index contributed by atoms with van der Waals surface area (Å²) < 4.78 is 5.51. The molecule has 1 aromatic heterocycles.